The normalized spacial score (nSPS) is 28.4. The van der Waals surface area contributed by atoms with Crippen molar-refractivity contribution in [2.24, 2.45) is 0 Å². The summed E-state index contributed by atoms with van der Waals surface area (Å²) in [5.41, 5.74) is 0. The molecule has 2 aliphatic rings. The Kier molecular flexibility index (Phi) is 5.00. The molecule has 106 valence electrons. The van der Waals surface area contributed by atoms with Crippen LogP contribution in [0, 0.1) is 0 Å². The average molecular weight is 275 g/mol. The molecule has 2 aliphatic heterocycles. The van der Waals surface area contributed by atoms with Gasteiger partial charge in [-0.05, 0) is 32.7 Å². The molecular weight excluding hydrogens is 250 g/mol. The first kappa shape index (κ1) is 14.2. The third-order valence-corrected chi connectivity index (χ3v) is 6.04. The van der Waals surface area contributed by atoms with Gasteiger partial charge in [-0.15, -0.1) is 0 Å². The number of rotatable bonds is 4. The van der Waals surface area contributed by atoms with Crippen molar-refractivity contribution in [3.63, 3.8) is 0 Å². The van der Waals surface area contributed by atoms with Crippen LogP contribution in [0.2, 0.25) is 0 Å². The summed E-state index contributed by atoms with van der Waals surface area (Å²) in [5.74, 6) is 0. The van der Waals surface area contributed by atoms with E-state index in [0.717, 1.165) is 45.1 Å². The van der Waals surface area contributed by atoms with Gasteiger partial charge in [-0.1, -0.05) is 12.8 Å². The van der Waals surface area contributed by atoms with Crippen LogP contribution in [0.5, 0.6) is 0 Å². The van der Waals surface area contributed by atoms with Gasteiger partial charge in [0.1, 0.15) is 0 Å². The Morgan fingerprint density at radius 1 is 1.06 bits per heavy atom. The van der Waals surface area contributed by atoms with Gasteiger partial charge in [-0.2, -0.15) is 17.0 Å². The molecule has 0 aliphatic carbocycles. The average Bonchev–Trinajstić information content (AvgIpc) is 2.64. The van der Waals surface area contributed by atoms with Crippen molar-refractivity contribution >= 4 is 10.2 Å². The molecule has 0 aromatic heterocycles. The molecule has 1 N–H and O–H groups in total. The molecule has 0 amide bonds. The van der Waals surface area contributed by atoms with Crippen LogP contribution in [0.4, 0.5) is 0 Å². The summed E-state index contributed by atoms with van der Waals surface area (Å²) in [4.78, 5) is 0. The minimum absolute atomic E-state index is 0.142. The Balaban J connectivity index is 2.08. The fourth-order valence-electron chi connectivity index (χ4n) is 2.97. The van der Waals surface area contributed by atoms with Gasteiger partial charge in [0.25, 0.3) is 10.2 Å². The predicted octanol–water partition coefficient (Wildman–Crippen LogP) is 0.791. The molecule has 6 heteroatoms. The topological polar surface area (TPSA) is 52.7 Å². The Bertz CT molecular complexity index is 350. The highest BCUT2D eigenvalue weighted by Gasteiger charge is 2.37. The summed E-state index contributed by atoms with van der Waals surface area (Å²) in [6.07, 6.45) is 6.29. The Labute approximate surface area is 111 Å². The lowest BCUT2D eigenvalue weighted by molar-refractivity contribution is 0.323. The third-order valence-electron chi connectivity index (χ3n) is 3.95. The highest BCUT2D eigenvalue weighted by Crippen LogP contribution is 2.24. The van der Waals surface area contributed by atoms with Crippen LogP contribution < -0.4 is 5.32 Å². The number of nitrogens with zero attached hydrogens (tertiary/aromatic N) is 2. The van der Waals surface area contributed by atoms with Gasteiger partial charge in [-0.25, -0.2) is 0 Å². The largest absolute Gasteiger partial charge is 0.318 e. The summed E-state index contributed by atoms with van der Waals surface area (Å²) >= 11 is 0. The summed E-state index contributed by atoms with van der Waals surface area (Å²) in [7, 11) is -1.35. The first-order valence-corrected chi connectivity index (χ1v) is 8.47. The number of nitrogens with one attached hydrogen (secondary N) is 1. The molecule has 2 rings (SSSR count). The molecule has 2 saturated heterocycles. The van der Waals surface area contributed by atoms with Crippen LogP contribution in [0.25, 0.3) is 0 Å². The van der Waals surface area contributed by atoms with E-state index < -0.39 is 10.2 Å². The number of hydrogen-bond donors (Lipinski definition) is 1. The van der Waals surface area contributed by atoms with Crippen LogP contribution in [0.1, 0.15) is 38.5 Å². The van der Waals surface area contributed by atoms with Gasteiger partial charge in [-0.3, -0.25) is 0 Å². The van der Waals surface area contributed by atoms with Gasteiger partial charge in [0.05, 0.1) is 0 Å². The minimum Gasteiger partial charge on any atom is -0.318 e. The second kappa shape index (κ2) is 6.32. The molecule has 0 spiro atoms. The highest BCUT2D eigenvalue weighted by molar-refractivity contribution is 7.86. The van der Waals surface area contributed by atoms with Crippen molar-refractivity contribution in [3.8, 4) is 0 Å². The maximum Gasteiger partial charge on any atom is 0.282 e. The smallest absolute Gasteiger partial charge is 0.282 e. The summed E-state index contributed by atoms with van der Waals surface area (Å²) in [5, 5.41) is 3.10. The molecule has 2 fully saturated rings. The van der Waals surface area contributed by atoms with Gasteiger partial charge >= 0.3 is 0 Å². The lowest BCUT2D eigenvalue weighted by atomic mass is 10.2. The van der Waals surface area contributed by atoms with Crippen molar-refractivity contribution in [1.82, 2.24) is 13.9 Å². The molecule has 1 atom stereocenters. The van der Waals surface area contributed by atoms with E-state index in [-0.39, 0.29) is 6.04 Å². The molecule has 2 heterocycles. The molecule has 0 saturated carbocycles. The van der Waals surface area contributed by atoms with Gasteiger partial charge in [0.2, 0.25) is 0 Å². The molecule has 0 aromatic carbocycles. The van der Waals surface area contributed by atoms with Crippen LogP contribution in [0.3, 0.4) is 0 Å². The Morgan fingerprint density at radius 2 is 1.72 bits per heavy atom. The Morgan fingerprint density at radius 3 is 2.33 bits per heavy atom. The van der Waals surface area contributed by atoms with Crippen LogP contribution in [-0.4, -0.2) is 56.3 Å². The monoisotopic (exact) mass is 275 g/mol. The molecule has 18 heavy (non-hydrogen) atoms. The second-order valence-electron chi connectivity index (χ2n) is 5.29. The number of likely N-dealkylation sites (N-methyl/N-ethyl adjacent to an activating group) is 1. The zero-order chi connectivity index (χ0) is 13.0. The van der Waals surface area contributed by atoms with Crippen molar-refractivity contribution < 1.29 is 8.42 Å². The van der Waals surface area contributed by atoms with Crippen LogP contribution in [-0.2, 0) is 10.2 Å². The highest BCUT2D eigenvalue weighted by atomic mass is 32.2. The predicted molar refractivity (Wildman–Crippen MR) is 72.6 cm³/mol. The van der Waals surface area contributed by atoms with E-state index in [1.165, 1.54) is 0 Å². The standard InChI is InChI=1S/C12H25N3O2S/c1-13-11-12-7-6-10-15(12)18(16,17)14-8-4-2-3-5-9-14/h12-13H,2-11H2,1H3. The molecule has 0 radical (unpaired) electrons. The van der Waals surface area contributed by atoms with Crippen molar-refractivity contribution in [1.29, 1.82) is 0 Å². The SMILES string of the molecule is CNCC1CCCN1S(=O)(=O)N1CCCCCC1. The zero-order valence-corrected chi connectivity index (χ0v) is 12.1. The van der Waals surface area contributed by atoms with Crippen LogP contribution in [0.15, 0.2) is 0 Å². The first-order chi connectivity index (χ1) is 8.66. The molecule has 1 unspecified atom stereocenters. The van der Waals surface area contributed by atoms with E-state index in [4.69, 9.17) is 0 Å². The van der Waals surface area contributed by atoms with Gasteiger partial charge in [0.15, 0.2) is 0 Å². The van der Waals surface area contributed by atoms with E-state index in [0.29, 0.717) is 19.6 Å². The fraction of sp³-hybridized carbons (Fsp3) is 1.00. The maximum atomic E-state index is 12.6. The molecular formula is C12H25N3O2S. The van der Waals surface area contributed by atoms with Crippen LogP contribution >= 0.6 is 0 Å². The molecule has 0 aromatic rings. The Hall–Kier alpha value is -0.170. The molecule has 0 bridgehead atoms. The van der Waals surface area contributed by atoms with Crippen molar-refractivity contribution in [2.75, 3.05) is 33.2 Å². The lowest BCUT2D eigenvalue weighted by Gasteiger charge is -2.30. The summed E-state index contributed by atoms with van der Waals surface area (Å²) in [6.45, 7) is 2.84. The zero-order valence-electron chi connectivity index (χ0n) is 11.3. The second-order valence-corrected chi connectivity index (χ2v) is 7.17. The van der Waals surface area contributed by atoms with Crippen molar-refractivity contribution in [3.05, 3.63) is 0 Å². The fourth-order valence-corrected chi connectivity index (χ4v) is 4.91. The minimum atomic E-state index is -3.23. The van der Waals surface area contributed by atoms with Crippen molar-refractivity contribution in [2.45, 2.75) is 44.6 Å². The molecule has 5 nitrogen and oxygen atoms in total. The number of hydrogen-bond acceptors (Lipinski definition) is 3. The summed E-state index contributed by atoms with van der Waals surface area (Å²) < 4.78 is 28.7. The van der Waals surface area contributed by atoms with Gasteiger partial charge in [0, 0.05) is 32.2 Å². The quantitative estimate of drug-likeness (QED) is 0.825. The van der Waals surface area contributed by atoms with E-state index in [1.54, 1.807) is 8.61 Å². The van der Waals surface area contributed by atoms with E-state index in [2.05, 4.69) is 5.32 Å². The summed E-state index contributed by atoms with van der Waals surface area (Å²) in [6, 6.07) is 0.142. The van der Waals surface area contributed by atoms with E-state index in [1.807, 2.05) is 7.05 Å². The third kappa shape index (κ3) is 3.04. The van der Waals surface area contributed by atoms with Gasteiger partial charge < -0.3 is 5.32 Å². The lowest BCUT2D eigenvalue weighted by Crippen LogP contribution is -2.48. The first-order valence-electron chi connectivity index (χ1n) is 7.08. The van der Waals surface area contributed by atoms with E-state index in [9.17, 15) is 8.42 Å². The maximum absolute atomic E-state index is 12.6. The van der Waals surface area contributed by atoms with E-state index >= 15 is 0 Å².